The molecular weight excluding hydrogens is 290 g/mol. The molecule has 0 amide bonds. The zero-order valence-electron chi connectivity index (χ0n) is 10.8. The van der Waals surface area contributed by atoms with Crippen LogP contribution in [0.2, 0.25) is 5.02 Å². The van der Waals surface area contributed by atoms with E-state index >= 15 is 0 Å². The molecule has 1 N–H and O–H groups in total. The lowest BCUT2D eigenvalue weighted by Gasteiger charge is -2.01. The third kappa shape index (κ3) is 2.80. The second kappa shape index (κ2) is 5.42. The lowest BCUT2D eigenvalue weighted by atomic mass is 10.1. The average molecular weight is 300 g/mol. The SMILES string of the molecule is O=c1oc2ccccc2nc1/C=C(/O)c1ccc(Cl)cc1. The monoisotopic (exact) mass is 299 g/mol. The molecule has 5 heteroatoms. The molecule has 0 fully saturated rings. The van der Waals surface area contributed by atoms with Gasteiger partial charge < -0.3 is 9.52 Å². The van der Waals surface area contributed by atoms with Crippen molar-refractivity contribution in [3.8, 4) is 0 Å². The summed E-state index contributed by atoms with van der Waals surface area (Å²) in [7, 11) is 0. The van der Waals surface area contributed by atoms with Crippen LogP contribution in [0.5, 0.6) is 0 Å². The first-order valence-electron chi connectivity index (χ1n) is 6.20. The van der Waals surface area contributed by atoms with Crippen LogP contribution in [0.4, 0.5) is 0 Å². The van der Waals surface area contributed by atoms with E-state index in [2.05, 4.69) is 4.98 Å². The van der Waals surface area contributed by atoms with E-state index < -0.39 is 5.63 Å². The molecule has 0 saturated heterocycles. The summed E-state index contributed by atoms with van der Waals surface area (Å²) in [5.74, 6) is -0.0817. The number of para-hydroxylation sites is 2. The standard InChI is InChI=1S/C16H10ClNO3/c17-11-7-5-10(6-8-11)14(19)9-13-16(20)21-15-4-2-1-3-12(15)18-13/h1-9,19H/b14-9+. The molecule has 1 aromatic heterocycles. The van der Waals surface area contributed by atoms with Crippen molar-refractivity contribution in [1.82, 2.24) is 4.98 Å². The summed E-state index contributed by atoms with van der Waals surface area (Å²) < 4.78 is 5.15. The molecule has 104 valence electrons. The normalized spacial score (nSPS) is 11.8. The number of nitrogens with zero attached hydrogens (tertiary/aromatic N) is 1. The molecular formula is C16H10ClNO3. The molecule has 0 atom stereocenters. The molecule has 0 unspecified atom stereocenters. The minimum Gasteiger partial charge on any atom is -0.507 e. The quantitative estimate of drug-likeness (QED) is 0.729. The first-order valence-corrected chi connectivity index (χ1v) is 6.58. The Bertz CT molecular complexity index is 882. The van der Waals surface area contributed by atoms with Gasteiger partial charge in [0.2, 0.25) is 0 Å². The highest BCUT2D eigenvalue weighted by Crippen LogP contribution is 2.17. The van der Waals surface area contributed by atoms with Gasteiger partial charge in [-0.15, -0.1) is 0 Å². The smallest absolute Gasteiger partial charge is 0.362 e. The number of fused-ring (bicyclic) bond motifs is 1. The molecule has 0 bridgehead atoms. The van der Waals surface area contributed by atoms with Crippen LogP contribution in [-0.4, -0.2) is 10.1 Å². The molecule has 3 aromatic rings. The lowest BCUT2D eigenvalue weighted by Crippen LogP contribution is -2.06. The lowest BCUT2D eigenvalue weighted by molar-refractivity contribution is 0.514. The molecule has 0 saturated carbocycles. The third-order valence-corrected chi connectivity index (χ3v) is 3.18. The molecule has 0 aliphatic carbocycles. The number of aliphatic hydroxyl groups is 1. The molecule has 1 heterocycles. The fourth-order valence-corrected chi connectivity index (χ4v) is 2.01. The first kappa shape index (κ1) is 13.4. The van der Waals surface area contributed by atoms with E-state index in [-0.39, 0.29) is 11.5 Å². The fraction of sp³-hybridized carbons (Fsp3) is 0. The Morgan fingerprint density at radius 1 is 1.14 bits per heavy atom. The largest absolute Gasteiger partial charge is 0.507 e. The van der Waals surface area contributed by atoms with Crippen LogP contribution in [0.1, 0.15) is 11.3 Å². The van der Waals surface area contributed by atoms with Crippen LogP contribution in [-0.2, 0) is 0 Å². The van der Waals surface area contributed by atoms with Gasteiger partial charge in [0.25, 0.3) is 0 Å². The van der Waals surface area contributed by atoms with Gasteiger partial charge in [-0.3, -0.25) is 0 Å². The van der Waals surface area contributed by atoms with E-state index in [0.717, 1.165) is 0 Å². The topological polar surface area (TPSA) is 63.3 Å². The highest BCUT2D eigenvalue weighted by molar-refractivity contribution is 6.30. The number of rotatable bonds is 2. The van der Waals surface area contributed by atoms with Gasteiger partial charge in [0.15, 0.2) is 11.3 Å². The van der Waals surface area contributed by atoms with Crippen molar-refractivity contribution >= 4 is 34.5 Å². The summed E-state index contributed by atoms with van der Waals surface area (Å²) in [6, 6.07) is 13.5. The number of aliphatic hydroxyl groups excluding tert-OH is 1. The molecule has 0 radical (unpaired) electrons. The maximum atomic E-state index is 11.8. The van der Waals surface area contributed by atoms with Crippen LogP contribution >= 0.6 is 11.6 Å². The van der Waals surface area contributed by atoms with Gasteiger partial charge in [-0.05, 0) is 36.4 Å². The summed E-state index contributed by atoms with van der Waals surface area (Å²) in [5, 5.41) is 10.6. The Hall–Kier alpha value is -2.59. The van der Waals surface area contributed by atoms with E-state index in [1.54, 1.807) is 48.5 Å². The molecule has 21 heavy (non-hydrogen) atoms. The zero-order chi connectivity index (χ0) is 14.8. The first-order chi connectivity index (χ1) is 10.1. The van der Waals surface area contributed by atoms with Crippen molar-refractivity contribution < 1.29 is 9.52 Å². The zero-order valence-corrected chi connectivity index (χ0v) is 11.5. The number of benzene rings is 2. The van der Waals surface area contributed by atoms with E-state index in [0.29, 0.717) is 21.7 Å². The summed E-state index contributed by atoms with van der Waals surface area (Å²) in [6.07, 6.45) is 1.28. The van der Waals surface area contributed by atoms with E-state index in [4.69, 9.17) is 16.0 Å². The molecule has 0 spiro atoms. The van der Waals surface area contributed by atoms with E-state index in [9.17, 15) is 9.90 Å². The van der Waals surface area contributed by atoms with Crippen molar-refractivity contribution in [3.05, 3.63) is 75.2 Å². The van der Waals surface area contributed by atoms with Gasteiger partial charge in [-0.25, -0.2) is 9.78 Å². The number of aromatic nitrogens is 1. The molecule has 4 nitrogen and oxygen atoms in total. The van der Waals surface area contributed by atoms with Crippen molar-refractivity contribution in [1.29, 1.82) is 0 Å². The maximum absolute atomic E-state index is 11.8. The third-order valence-electron chi connectivity index (χ3n) is 2.93. The van der Waals surface area contributed by atoms with E-state index in [1.807, 2.05) is 0 Å². The summed E-state index contributed by atoms with van der Waals surface area (Å²) in [5.41, 5.74) is 0.932. The summed E-state index contributed by atoms with van der Waals surface area (Å²) in [4.78, 5) is 16.0. The van der Waals surface area contributed by atoms with Gasteiger partial charge in [0.1, 0.15) is 11.3 Å². The highest BCUT2D eigenvalue weighted by atomic mass is 35.5. The minimum absolute atomic E-state index is 0.0427. The fourth-order valence-electron chi connectivity index (χ4n) is 1.89. The Labute approximate surface area is 124 Å². The Morgan fingerprint density at radius 3 is 2.62 bits per heavy atom. The van der Waals surface area contributed by atoms with Crippen molar-refractivity contribution in [2.24, 2.45) is 0 Å². The molecule has 2 aromatic carbocycles. The molecule has 3 rings (SSSR count). The van der Waals surface area contributed by atoms with Gasteiger partial charge in [-0.2, -0.15) is 0 Å². The van der Waals surface area contributed by atoms with E-state index in [1.165, 1.54) is 6.08 Å². The number of halogens is 1. The highest BCUT2D eigenvalue weighted by Gasteiger charge is 2.07. The predicted octanol–water partition coefficient (Wildman–Crippen LogP) is 3.90. The van der Waals surface area contributed by atoms with Crippen molar-refractivity contribution in [3.63, 3.8) is 0 Å². The van der Waals surface area contributed by atoms with Crippen LogP contribution in [0, 0.1) is 0 Å². The average Bonchev–Trinajstić information content (AvgIpc) is 2.48. The molecule has 0 aliphatic heterocycles. The van der Waals surface area contributed by atoms with Crippen LogP contribution in [0.15, 0.2) is 57.7 Å². The van der Waals surface area contributed by atoms with Gasteiger partial charge in [0, 0.05) is 16.7 Å². The van der Waals surface area contributed by atoms with Crippen LogP contribution in [0.3, 0.4) is 0 Å². The Morgan fingerprint density at radius 2 is 1.86 bits per heavy atom. The minimum atomic E-state index is -0.603. The molecule has 0 aliphatic rings. The maximum Gasteiger partial charge on any atom is 0.362 e. The summed E-state index contributed by atoms with van der Waals surface area (Å²) in [6.45, 7) is 0. The van der Waals surface area contributed by atoms with Gasteiger partial charge in [-0.1, -0.05) is 23.7 Å². The predicted molar refractivity (Wildman–Crippen MR) is 82.2 cm³/mol. The van der Waals surface area contributed by atoms with Gasteiger partial charge in [0.05, 0.1) is 0 Å². The number of hydrogen-bond donors (Lipinski definition) is 1. The van der Waals surface area contributed by atoms with Crippen molar-refractivity contribution in [2.75, 3.05) is 0 Å². The second-order valence-electron chi connectivity index (χ2n) is 4.39. The van der Waals surface area contributed by atoms with Crippen molar-refractivity contribution in [2.45, 2.75) is 0 Å². The summed E-state index contributed by atoms with van der Waals surface area (Å²) >= 11 is 5.79. The number of hydrogen-bond acceptors (Lipinski definition) is 4. The Kier molecular flexibility index (Phi) is 3.46. The second-order valence-corrected chi connectivity index (χ2v) is 4.83. The van der Waals surface area contributed by atoms with Crippen LogP contribution < -0.4 is 5.63 Å². The Balaban J connectivity index is 2.07. The van der Waals surface area contributed by atoms with Crippen LogP contribution in [0.25, 0.3) is 22.9 Å². The van der Waals surface area contributed by atoms with Gasteiger partial charge >= 0.3 is 5.63 Å².